The number of amides is 1. The summed E-state index contributed by atoms with van der Waals surface area (Å²) in [6.07, 6.45) is 4.68. The number of pyridine rings is 1. The molecule has 1 spiro atoms. The van der Waals surface area contributed by atoms with E-state index in [9.17, 15) is 18.3 Å². The van der Waals surface area contributed by atoms with Crippen molar-refractivity contribution >= 4 is 26.8 Å². The van der Waals surface area contributed by atoms with E-state index in [4.69, 9.17) is 4.74 Å². The van der Waals surface area contributed by atoms with Gasteiger partial charge in [-0.2, -0.15) is 4.31 Å². The van der Waals surface area contributed by atoms with Gasteiger partial charge < -0.3 is 14.7 Å². The molecule has 9 heteroatoms. The van der Waals surface area contributed by atoms with Crippen LogP contribution in [0.2, 0.25) is 0 Å². The number of rotatable bonds is 4. The molecular formula is C26H27N3O5S. The highest BCUT2D eigenvalue weighted by Crippen LogP contribution is 2.37. The summed E-state index contributed by atoms with van der Waals surface area (Å²) in [5.41, 5.74) is 2.13. The summed E-state index contributed by atoms with van der Waals surface area (Å²) in [7, 11) is -3.63. The van der Waals surface area contributed by atoms with Crippen LogP contribution in [0.5, 0.6) is 5.75 Å². The molecule has 2 aliphatic heterocycles. The molecule has 3 aromatic rings. The number of hydrogen-bond donors (Lipinski definition) is 1. The van der Waals surface area contributed by atoms with Crippen molar-refractivity contribution in [3.05, 3.63) is 54.7 Å². The van der Waals surface area contributed by atoms with E-state index in [-0.39, 0.29) is 23.2 Å². The number of fused-ring (bicyclic) bond motifs is 1. The van der Waals surface area contributed by atoms with E-state index >= 15 is 0 Å². The monoisotopic (exact) mass is 493 g/mol. The van der Waals surface area contributed by atoms with Crippen LogP contribution in [0.25, 0.3) is 22.0 Å². The predicted octanol–water partition coefficient (Wildman–Crippen LogP) is 3.15. The van der Waals surface area contributed by atoms with Gasteiger partial charge in [-0.1, -0.05) is 24.3 Å². The van der Waals surface area contributed by atoms with Crippen molar-refractivity contribution in [2.24, 2.45) is 0 Å². The number of aromatic nitrogens is 1. The van der Waals surface area contributed by atoms with Crippen molar-refractivity contribution in [1.82, 2.24) is 14.2 Å². The summed E-state index contributed by atoms with van der Waals surface area (Å²) in [6, 6.07) is 14.6. The van der Waals surface area contributed by atoms with Gasteiger partial charge in [-0.3, -0.25) is 9.78 Å². The first-order chi connectivity index (χ1) is 16.8. The van der Waals surface area contributed by atoms with Gasteiger partial charge in [-0.25, -0.2) is 8.42 Å². The normalized spacial score (nSPS) is 21.0. The largest absolute Gasteiger partial charge is 0.506 e. The molecule has 1 saturated carbocycles. The summed E-state index contributed by atoms with van der Waals surface area (Å²) >= 11 is 0. The van der Waals surface area contributed by atoms with Crippen LogP contribution < -0.4 is 0 Å². The number of nitrogens with zero attached hydrogens (tertiary/aromatic N) is 3. The van der Waals surface area contributed by atoms with Gasteiger partial charge in [0, 0.05) is 24.5 Å². The van der Waals surface area contributed by atoms with Gasteiger partial charge >= 0.3 is 0 Å². The Balaban J connectivity index is 1.16. The zero-order valence-electron chi connectivity index (χ0n) is 19.3. The van der Waals surface area contributed by atoms with Crippen LogP contribution in [-0.2, 0) is 19.6 Å². The first kappa shape index (κ1) is 22.5. The number of benzene rings is 2. The van der Waals surface area contributed by atoms with Crippen LogP contribution in [0, 0.1) is 0 Å². The van der Waals surface area contributed by atoms with Crippen molar-refractivity contribution < 1.29 is 23.1 Å². The van der Waals surface area contributed by atoms with Crippen LogP contribution in [0.3, 0.4) is 0 Å². The van der Waals surface area contributed by atoms with E-state index in [0.29, 0.717) is 38.5 Å². The fourth-order valence-corrected chi connectivity index (χ4v) is 6.60. The number of hydrogen-bond acceptors (Lipinski definition) is 6. The zero-order valence-corrected chi connectivity index (χ0v) is 20.1. The molecule has 0 atom stereocenters. The molecular weight excluding hydrogens is 466 g/mol. The summed E-state index contributed by atoms with van der Waals surface area (Å²) in [5, 5.41) is 10.4. The fraction of sp³-hybridized carbons (Fsp3) is 0.385. The molecule has 182 valence electrons. The minimum Gasteiger partial charge on any atom is -0.506 e. The maximum absolute atomic E-state index is 13.3. The molecule has 1 N–H and O–H groups in total. The Bertz CT molecular complexity index is 1390. The third kappa shape index (κ3) is 4.17. The lowest BCUT2D eigenvalue weighted by Crippen LogP contribution is -2.59. The van der Waals surface area contributed by atoms with Gasteiger partial charge in [0.15, 0.2) is 0 Å². The second kappa shape index (κ2) is 8.29. The lowest BCUT2D eigenvalue weighted by Gasteiger charge is -2.46. The highest BCUT2D eigenvalue weighted by molar-refractivity contribution is 7.89. The maximum atomic E-state index is 13.3. The van der Waals surface area contributed by atoms with E-state index in [0.717, 1.165) is 34.9 Å². The second-order valence-electron chi connectivity index (χ2n) is 9.75. The van der Waals surface area contributed by atoms with E-state index in [1.165, 1.54) is 10.5 Å². The van der Waals surface area contributed by atoms with Crippen LogP contribution in [0.4, 0.5) is 0 Å². The Morgan fingerprint density at radius 3 is 2.43 bits per heavy atom. The minimum absolute atomic E-state index is 0.0496. The molecule has 0 bridgehead atoms. The van der Waals surface area contributed by atoms with E-state index in [2.05, 4.69) is 4.98 Å². The smallest absolute Gasteiger partial charge is 0.248 e. The van der Waals surface area contributed by atoms with Gasteiger partial charge in [0.25, 0.3) is 0 Å². The van der Waals surface area contributed by atoms with E-state index in [1.807, 2.05) is 35.2 Å². The molecule has 0 unspecified atom stereocenters. The Kier molecular flexibility index (Phi) is 5.32. The third-order valence-electron chi connectivity index (χ3n) is 7.40. The molecule has 1 amide bonds. The van der Waals surface area contributed by atoms with Crippen LogP contribution >= 0.6 is 0 Å². The number of morpholine rings is 1. The lowest BCUT2D eigenvalue weighted by molar-refractivity contribution is -0.170. The molecule has 3 fully saturated rings. The fourth-order valence-electron chi connectivity index (χ4n) is 5.16. The lowest BCUT2D eigenvalue weighted by atomic mass is 9.90. The predicted molar refractivity (Wildman–Crippen MR) is 130 cm³/mol. The number of aromatic hydroxyl groups is 1. The quantitative estimate of drug-likeness (QED) is 0.599. The minimum atomic E-state index is -3.63. The molecule has 6 rings (SSSR count). The average molecular weight is 494 g/mol. The Labute approximate surface area is 204 Å². The Morgan fingerprint density at radius 2 is 1.71 bits per heavy atom. The van der Waals surface area contributed by atoms with Gasteiger partial charge in [0.05, 0.1) is 28.8 Å². The van der Waals surface area contributed by atoms with Crippen molar-refractivity contribution in [1.29, 1.82) is 0 Å². The molecule has 2 saturated heterocycles. The van der Waals surface area contributed by atoms with E-state index in [1.54, 1.807) is 18.2 Å². The van der Waals surface area contributed by atoms with Crippen molar-refractivity contribution in [2.45, 2.75) is 42.2 Å². The molecule has 1 aromatic heterocycles. The molecule has 2 aromatic carbocycles. The molecule has 3 heterocycles. The van der Waals surface area contributed by atoms with Crippen molar-refractivity contribution in [3.63, 3.8) is 0 Å². The Morgan fingerprint density at radius 1 is 1.00 bits per heavy atom. The molecule has 3 aliphatic rings. The van der Waals surface area contributed by atoms with Crippen LogP contribution in [-0.4, -0.2) is 71.5 Å². The highest BCUT2D eigenvalue weighted by Gasteiger charge is 2.47. The number of ether oxygens (including phenoxy) is 1. The summed E-state index contributed by atoms with van der Waals surface area (Å²) in [4.78, 5) is 18.7. The molecule has 0 radical (unpaired) electrons. The van der Waals surface area contributed by atoms with E-state index < -0.39 is 15.6 Å². The first-order valence-corrected chi connectivity index (χ1v) is 13.4. The van der Waals surface area contributed by atoms with Gasteiger partial charge in [-0.05, 0) is 61.1 Å². The number of carbonyl (C=O) groups is 1. The van der Waals surface area contributed by atoms with Crippen molar-refractivity contribution in [2.75, 3.05) is 26.2 Å². The van der Waals surface area contributed by atoms with Gasteiger partial charge in [-0.15, -0.1) is 0 Å². The summed E-state index contributed by atoms with van der Waals surface area (Å²) < 4.78 is 34.2. The maximum Gasteiger partial charge on any atom is 0.248 e. The van der Waals surface area contributed by atoms with Crippen LogP contribution in [0.1, 0.15) is 25.7 Å². The highest BCUT2D eigenvalue weighted by atomic mass is 32.2. The van der Waals surface area contributed by atoms with Gasteiger partial charge in [0.2, 0.25) is 15.9 Å². The first-order valence-electron chi connectivity index (χ1n) is 12.0. The number of sulfonamides is 1. The third-order valence-corrected chi connectivity index (χ3v) is 9.31. The second-order valence-corrected chi connectivity index (χ2v) is 11.7. The molecule has 8 nitrogen and oxygen atoms in total. The van der Waals surface area contributed by atoms with Crippen LogP contribution in [0.15, 0.2) is 59.6 Å². The molecule has 1 aliphatic carbocycles. The number of piperidine rings is 1. The van der Waals surface area contributed by atoms with Crippen molar-refractivity contribution in [3.8, 4) is 16.9 Å². The Hall–Kier alpha value is -3.01. The zero-order chi connectivity index (χ0) is 24.2. The summed E-state index contributed by atoms with van der Waals surface area (Å²) in [5.74, 6) is 0.167. The summed E-state index contributed by atoms with van der Waals surface area (Å²) in [6.45, 7) is 1.41. The topological polar surface area (TPSA) is 100 Å². The number of carbonyl (C=O) groups excluding carboxylic acids is 1. The standard InChI is InChI=1S/C26H27N3O5S/c30-22-13-20-2-1-19(14-24(20)27-15-22)18-3-7-23(8-4-18)35(32,33)28-11-9-26(10-12-28)17-29(21-5-6-21)25(31)16-34-26/h1-4,7-8,13-15,21,30H,5-6,9-12,16-17H2. The van der Waals surface area contributed by atoms with Gasteiger partial charge in [0.1, 0.15) is 12.4 Å². The molecule has 35 heavy (non-hydrogen) atoms. The average Bonchev–Trinajstić information content (AvgIpc) is 3.71. The SMILES string of the molecule is O=C1COC2(CCN(S(=O)(=O)c3ccc(-c4ccc5cc(O)cnc5c4)cc3)CC2)CN1C1CC1.